The molecule has 0 bridgehead atoms. The van der Waals surface area contributed by atoms with Crippen LogP contribution >= 0.6 is 0 Å². The average Bonchev–Trinajstić information content (AvgIpc) is 3.39. The van der Waals surface area contributed by atoms with E-state index in [-0.39, 0.29) is 43.0 Å². The number of nitrogens with one attached hydrogen (secondary N) is 1. The molecule has 2 heterocycles. The van der Waals surface area contributed by atoms with Gasteiger partial charge in [-0.15, -0.1) is 0 Å². The summed E-state index contributed by atoms with van der Waals surface area (Å²) in [4.78, 5) is 43.5. The van der Waals surface area contributed by atoms with Crippen LogP contribution < -0.4 is 19.7 Å². The molecule has 1 aliphatic heterocycles. The fourth-order valence-electron chi connectivity index (χ4n) is 3.64. The molecule has 0 fully saturated rings. The number of oxazole rings is 1. The molecule has 36 heavy (non-hydrogen) atoms. The molecule has 3 aromatic carbocycles. The highest BCUT2D eigenvalue weighted by Gasteiger charge is 2.28. The Labute approximate surface area is 206 Å². The number of ketones is 1. The second kappa shape index (κ2) is 10.1. The highest BCUT2D eigenvalue weighted by molar-refractivity contribution is 6.03. The average molecular weight is 483 g/mol. The largest absolute Gasteiger partial charge is 0.485 e. The molecule has 0 radical (unpaired) electrons. The summed E-state index contributed by atoms with van der Waals surface area (Å²) in [6, 6.07) is 22.8. The number of benzene rings is 3. The highest BCUT2D eigenvalue weighted by atomic mass is 16.5. The Morgan fingerprint density at radius 1 is 1.00 bits per heavy atom. The topological polar surface area (TPSA) is 111 Å². The van der Waals surface area contributed by atoms with Crippen LogP contribution in [0.15, 0.2) is 89.5 Å². The smallest absolute Gasteiger partial charge is 0.277 e. The third-order valence-corrected chi connectivity index (χ3v) is 5.45. The number of amides is 2. The van der Waals surface area contributed by atoms with Gasteiger partial charge in [0, 0.05) is 11.3 Å². The Morgan fingerprint density at radius 3 is 2.53 bits per heavy atom. The third-order valence-electron chi connectivity index (χ3n) is 5.45. The second-order valence-electron chi connectivity index (χ2n) is 7.92. The van der Waals surface area contributed by atoms with Gasteiger partial charge < -0.3 is 19.2 Å². The zero-order valence-electron chi connectivity index (χ0n) is 19.0. The van der Waals surface area contributed by atoms with E-state index in [2.05, 4.69) is 10.3 Å². The van der Waals surface area contributed by atoms with Crippen molar-refractivity contribution in [3.8, 4) is 11.5 Å². The third kappa shape index (κ3) is 5.10. The second-order valence-corrected chi connectivity index (χ2v) is 7.92. The van der Waals surface area contributed by atoms with E-state index in [9.17, 15) is 14.4 Å². The Balaban J connectivity index is 1.30. The van der Waals surface area contributed by atoms with E-state index in [1.54, 1.807) is 54.6 Å². The number of carbonyl (C=O) groups is 3. The first-order valence-corrected chi connectivity index (χ1v) is 11.2. The number of carbonyl (C=O) groups excluding carboxylic acids is 3. The van der Waals surface area contributed by atoms with Crippen LogP contribution in [0.5, 0.6) is 11.5 Å². The molecule has 0 atom stereocenters. The van der Waals surface area contributed by atoms with E-state index in [1.165, 1.54) is 11.2 Å². The summed E-state index contributed by atoms with van der Waals surface area (Å²) in [6.45, 7) is -0.358. The van der Waals surface area contributed by atoms with Crippen LogP contribution in [0.4, 0.5) is 11.4 Å². The number of para-hydroxylation sites is 2. The van der Waals surface area contributed by atoms with Gasteiger partial charge in [0.2, 0.25) is 5.89 Å². The number of hydrogen-bond acceptors (Lipinski definition) is 7. The molecule has 1 aliphatic rings. The summed E-state index contributed by atoms with van der Waals surface area (Å²) >= 11 is 0. The van der Waals surface area contributed by atoms with E-state index >= 15 is 0 Å². The Hall–Kier alpha value is -4.92. The van der Waals surface area contributed by atoms with Gasteiger partial charge in [-0.3, -0.25) is 19.3 Å². The van der Waals surface area contributed by atoms with Gasteiger partial charge in [0.15, 0.2) is 24.7 Å². The van der Waals surface area contributed by atoms with Crippen molar-refractivity contribution >= 4 is 29.0 Å². The molecule has 1 N–H and O–H groups in total. The summed E-state index contributed by atoms with van der Waals surface area (Å²) in [7, 11) is 0. The van der Waals surface area contributed by atoms with Crippen molar-refractivity contribution in [3.63, 3.8) is 0 Å². The predicted molar refractivity (Wildman–Crippen MR) is 130 cm³/mol. The quantitative estimate of drug-likeness (QED) is 0.376. The molecule has 0 saturated heterocycles. The van der Waals surface area contributed by atoms with Crippen LogP contribution in [0.2, 0.25) is 0 Å². The van der Waals surface area contributed by atoms with Gasteiger partial charge in [0.25, 0.3) is 11.8 Å². The Kier molecular flexibility index (Phi) is 6.44. The van der Waals surface area contributed by atoms with E-state index < -0.39 is 5.91 Å². The summed E-state index contributed by atoms with van der Waals surface area (Å²) in [5, 5.41) is 2.73. The molecule has 0 unspecified atom stereocenters. The molecule has 2 amide bonds. The summed E-state index contributed by atoms with van der Waals surface area (Å²) in [5.74, 6) is 0.176. The van der Waals surface area contributed by atoms with Crippen LogP contribution in [0, 0.1) is 0 Å². The maximum atomic E-state index is 12.7. The zero-order valence-corrected chi connectivity index (χ0v) is 19.0. The molecule has 180 valence electrons. The standard InChI is InChI=1S/C27H21N3O6/c31-23(16-34-20-9-5-2-6-10-20)18-11-12-24-22(13-18)30(26(32)17-35-24)14-25-29-21(15-36-25)27(33)28-19-7-3-1-4-8-19/h1-13,15H,14,16-17H2,(H,28,33). The van der Waals surface area contributed by atoms with Gasteiger partial charge in [-0.2, -0.15) is 0 Å². The lowest BCUT2D eigenvalue weighted by Crippen LogP contribution is -2.38. The molecule has 5 rings (SSSR count). The van der Waals surface area contributed by atoms with Crippen LogP contribution in [0.3, 0.4) is 0 Å². The maximum Gasteiger partial charge on any atom is 0.277 e. The van der Waals surface area contributed by atoms with Gasteiger partial charge >= 0.3 is 0 Å². The molecular formula is C27H21N3O6. The van der Waals surface area contributed by atoms with Crippen molar-refractivity contribution in [3.05, 3.63) is 102 Å². The number of hydrogen-bond donors (Lipinski definition) is 1. The van der Waals surface area contributed by atoms with Crippen molar-refractivity contribution in [1.82, 2.24) is 4.98 Å². The first-order valence-electron chi connectivity index (χ1n) is 11.2. The van der Waals surface area contributed by atoms with Gasteiger partial charge in [0.05, 0.1) is 5.69 Å². The fourth-order valence-corrected chi connectivity index (χ4v) is 3.64. The number of aromatic nitrogens is 1. The van der Waals surface area contributed by atoms with Crippen LogP contribution in [-0.4, -0.2) is 35.8 Å². The van der Waals surface area contributed by atoms with Gasteiger partial charge in [0.1, 0.15) is 24.3 Å². The summed E-state index contributed by atoms with van der Waals surface area (Å²) < 4.78 is 16.5. The number of anilines is 2. The maximum absolute atomic E-state index is 12.7. The normalized spacial score (nSPS) is 12.4. The lowest BCUT2D eigenvalue weighted by Gasteiger charge is -2.28. The first kappa shape index (κ1) is 22.9. The molecular weight excluding hydrogens is 462 g/mol. The monoisotopic (exact) mass is 483 g/mol. The number of rotatable bonds is 8. The first-order chi connectivity index (χ1) is 17.6. The van der Waals surface area contributed by atoms with Crippen molar-refractivity contribution in [1.29, 1.82) is 0 Å². The van der Waals surface area contributed by atoms with Crippen molar-refractivity contribution < 1.29 is 28.3 Å². The Bertz CT molecular complexity index is 1400. The van der Waals surface area contributed by atoms with Crippen LogP contribution in [0.25, 0.3) is 0 Å². The number of nitrogens with zero attached hydrogens (tertiary/aromatic N) is 2. The lowest BCUT2D eigenvalue weighted by molar-refractivity contribution is -0.121. The highest BCUT2D eigenvalue weighted by Crippen LogP contribution is 2.34. The number of Topliss-reactive ketones (excluding diaryl/α,β-unsaturated/α-hetero) is 1. The van der Waals surface area contributed by atoms with Crippen molar-refractivity contribution in [2.24, 2.45) is 0 Å². The van der Waals surface area contributed by atoms with E-state index in [0.29, 0.717) is 28.4 Å². The molecule has 0 spiro atoms. The molecule has 0 aliphatic carbocycles. The van der Waals surface area contributed by atoms with Gasteiger partial charge in [-0.05, 0) is 42.5 Å². The van der Waals surface area contributed by atoms with E-state index in [1.807, 2.05) is 24.3 Å². The number of ether oxygens (including phenoxy) is 2. The lowest BCUT2D eigenvalue weighted by atomic mass is 10.1. The summed E-state index contributed by atoms with van der Waals surface area (Å²) in [5.41, 5.74) is 1.48. The van der Waals surface area contributed by atoms with Crippen molar-refractivity contribution in [2.75, 3.05) is 23.4 Å². The fraction of sp³-hybridized carbons (Fsp3) is 0.111. The number of fused-ring (bicyclic) bond motifs is 1. The minimum atomic E-state index is -0.434. The molecule has 9 heteroatoms. The van der Waals surface area contributed by atoms with Crippen LogP contribution in [-0.2, 0) is 11.3 Å². The van der Waals surface area contributed by atoms with Crippen LogP contribution in [0.1, 0.15) is 26.7 Å². The minimum absolute atomic E-state index is 0.0357. The van der Waals surface area contributed by atoms with Crippen molar-refractivity contribution in [2.45, 2.75) is 6.54 Å². The zero-order chi connectivity index (χ0) is 24.9. The molecule has 1 aromatic heterocycles. The van der Waals surface area contributed by atoms with Gasteiger partial charge in [-0.25, -0.2) is 4.98 Å². The SMILES string of the molecule is O=C(COc1ccccc1)c1ccc2c(c1)N(Cc1nc(C(=O)Nc3ccccc3)co1)C(=O)CO2. The van der Waals surface area contributed by atoms with Gasteiger partial charge in [-0.1, -0.05) is 36.4 Å². The predicted octanol–water partition coefficient (Wildman–Crippen LogP) is 4.11. The molecule has 4 aromatic rings. The molecule has 0 saturated carbocycles. The Morgan fingerprint density at radius 2 is 1.75 bits per heavy atom. The van der Waals surface area contributed by atoms with E-state index in [0.717, 1.165) is 0 Å². The summed E-state index contributed by atoms with van der Waals surface area (Å²) in [6.07, 6.45) is 1.24. The van der Waals surface area contributed by atoms with E-state index in [4.69, 9.17) is 13.9 Å². The minimum Gasteiger partial charge on any atom is -0.485 e. The molecule has 9 nitrogen and oxygen atoms in total.